The third-order valence-corrected chi connectivity index (χ3v) is 11.3. The lowest BCUT2D eigenvalue weighted by Crippen LogP contribution is -2.40. The zero-order valence-electron chi connectivity index (χ0n) is 26.1. The highest BCUT2D eigenvalue weighted by molar-refractivity contribution is 7.90. The lowest BCUT2D eigenvalue weighted by atomic mass is 10.0. The maximum Gasteiger partial charge on any atom is 0.267 e. The van der Waals surface area contributed by atoms with Crippen molar-refractivity contribution >= 4 is 35.0 Å². The number of carbonyl (C=O) groups excluding carboxylic acids is 1. The van der Waals surface area contributed by atoms with Gasteiger partial charge in [-0.05, 0) is 61.2 Å². The zero-order chi connectivity index (χ0) is 31.5. The van der Waals surface area contributed by atoms with Crippen LogP contribution >= 0.6 is 0 Å². The molecule has 2 aromatic carbocycles. The maximum absolute atomic E-state index is 13.8. The van der Waals surface area contributed by atoms with Crippen LogP contribution < -0.4 is 0 Å². The molecule has 1 saturated heterocycles. The van der Waals surface area contributed by atoms with E-state index in [2.05, 4.69) is 31.2 Å². The molecule has 1 amide bonds. The van der Waals surface area contributed by atoms with Crippen molar-refractivity contribution in [2.24, 2.45) is 0 Å². The van der Waals surface area contributed by atoms with Crippen LogP contribution in [0.25, 0.3) is 22.2 Å². The fraction of sp³-hybridized carbons (Fsp3) is 0.394. The fourth-order valence-corrected chi connectivity index (χ4v) is 7.49. The summed E-state index contributed by atoms with van der Waals surface area (Å²) in [5, 5.41) is 0. The summed E-state index contributed by atoms with van der Waals surface area (Å²) in [6.45, 7) is 15.6. The molecule has 0 radical (unpaired) electrons. The third kappa shape index (κ3) is 7.07. The number of ether oxygens (including phenoxy) is 2. The highest BCUT2D eigenvalue weighted by Gasteiger charge is 2.25. The summed E-state index contributed by atoms with van der Waals surface area (Å²) in [6.07, 6.45) is 7.94. The summed E-state index contributed by atoms with van der Waals surface area (Å²) in [4.78, 5) is 20.4. The topological polar surface area (TPSA) is 95.7 Å². The molecule has 1 aliphatic heterocycles. The predicted molar refractivity (Wildman–Crippen MR) is 176 cm³/mol. The molecule has 0 spiro atoms. The lowest BCUT2D eigenvalue weighted by molar-refractivity contribution is 0.0304. The molecule has 2 aromatic heterocycles. The number of carbonyl (C=O) groups is 1. The first-order valence-electron chi connectivity index (χ1n) is 15.1. The molecule has 1 aliphatic rings. The summed E-state index contributed by atoms with van der Waals surface area (Å²) >= 11 is 0. The average Bonchev–Trinajstić information content (AvgIpc) is 3.66. The normalized spacial score (nSPS) is 14.3. The molecule has 0 aliphatic carbocycles. The number of allylic oxidation sites excluding steroid dienone is 1. The van der Waals surface area contributed by atoms with E-state index < -0.39 is 18.1 Å². The van der Waals surface area contributed by atoms with Gasteiger partial charge in [0.15, 0.2) is 0 Å². The van der Waals surface area contributed by atoms with Crippen molar-refractivity contribution in [3.05, 3.63) is 84.5 Å². The van der Waals surface area contributed by atoms with Crippen LogP contribution in [0.15, 0.2) is 72.7 Å². The van der Waals surface area contributed by atoms with E-state index in [1.165, 1.54) is 3.97 Å². The minimum atomic E-state index is -3.86. The Hall–Kier alpha value is -3.51. The lowest BCUT2D eigenvalue weighted by Gasteiger charge is -2.27. The summed E-state index contributed by atoms with van der Waals surface area (Å²) in [5.74, 6) is -0.122. The Morgan fingerprint density at radius 1 is 1.11 bits per heavy atom. The van der Waals surface area contributed by atoms with Gasteiger partial charge in [0, 0.05) is 45.7 Å². The molecule has 0 atom stereocenters. The average molecular weight is 635 g/mol. The van der Waals surface area contributed by atoms with E-state index in [0.717, 1.165) is 28.3 Å². The van der Waals surface area contributed by atoms with Gasteiger partial charge in [0.25, 0.3) is 15.9 Å². The van der Waals surface area contributed by atoms with Gasteiger partial charge in [0.2, 0.25) is 0 Å². The van der Waals surface area contributed by atoms with E-state index in [1.54, 1.807) is 41.8 Å². The van der Waals surface area contributed by atoms with Gasteiger partial charge in [-0.25, -0.2) is 17.4 Å². The Bertz CT molecular complexity index is 1760. The van der Waals surface area contributed by atoms with Crippen LogP contribution in [-0.4, -0.2) is 73.7 Å². The first kappa shape index (κ1) is 31.9. The molecule has 0 saturated carbocycles. The van der Waals surface area contributed by atoms with Crippen molar-refractivity contribution in [1.29, 1.82) is 0 Å². The molecule has 4 aromatic rings. The second-order valence-electron chi connectivity index (χ2n) is 12.5. The van der Waals surface area contributed by atoms with Crippen LogP contribution in [0, 0.1) is 6.92 Å². The van der Waals surface area contributed by atoms with Gasteiger partial charge in [-0.2, -0.15) is 0 Å². The van der Waals surface area contributed by atoms with Gasteiger partial charge in [0.1, 0.15) is 12.2 Å². The summed E-state index contributed by atoms with van der Waals surface area (Å²) in [6, 6.07) is 12.0. The van der Waals surface area contributed by atoms with Crippen LogP contribution in [-0.2, 0) is 32.6 Å². The smallest absolute Gasteiger partial charge is 0.267 e. The largest absolute Gasteiger partial charge is 0.378 e. The molecule has 0 bridgehead atoms. The molecular formula is C33H42N4O5SSi. The molecular weight excluding hydrogens is 593 g/mol. The van der Waals surface area contributed by atoms with Crippen LogP contribution in [0.2, 0.25) is 25.7 Å². The van der Waals surface area contributed by atoms with E-state index in [9.17, 15) is 13.2 Å². The molecule has 0 N–H and O–H groups in total. The Morgan fingerprint density at radius 2 is 1.89 bits per heavy atom. The van der Waals surface area contributed by atoms with Crippen LogP contribution in [0.5, 0.6) is 0 Å². The number of nitrogens with zero attached hydrogens (tertiary/aromatic N) is 4. The maximum atomic E-state index is 13.8. The molecule has 5 rings (SSSR count). The van der Waals surface area contributed by atoms with Gasteiger partial charge in [-0.3, -0.25) is 4.79 Å². The molecule has 44 heavy (non-hydrogen) atoms. The van der Waals surface area contributed by atoms with Crippen molar-refractivity contribution < 1.29 is 22.7 Å². The van der Waals surface area contributed by atoms with E-state index in [0.29, 0.717) is 69.1 Å². The van der Waals surface area contributed by atoms with E-state index in [1.807, 2.05) is 35.8 Å². The highest BCUT2D eigenvalue weighted by Crippen LogP contribution is 2.31. The second-order valence-corrected chi connectivity index (χ2v) is 20.0. The van der Waals surface area contributed by atoms with Gasteiger partial charge < -0.3 is 18.9 Å². The van der Waals surface area contributed by atoms with Gasteiger partial charge in [-0.1, -0.05) is 43.4 Å². The number of imidazole rings is 1. The third-order valence-electron chi connectivity index (χ3n) is 7.87. The van der Waals surface area contributed by atoms with E-state index in [4.69, 9.17) is 9.47 Å². The number of benzene rings is 2. The van der Waals surface area contributed by atoms with Gasteiger partial charge >= 0.3 is 0 Å². The molecule has 3 heterocycles. The van der Waals surface area contributed by atoms with Crippen LogP contribution in [0.4, 0.5) is 0 Å². The van der Waals surface area contributed by atoms with Crippen molar-refractivity contribution in [1.82, 2.24) is 18.4 Å². The quantitative estimate of drug-likeness (QED) is 0.109. The minimum absolute atomic E-state index is 0.122. The Balaban J connectivity index is 1.53. The van der Waals surface area contributed by atoms with Crippen molar-refractivity contribution in [3.63, 3.8) is 0 Å². The van der Waals surface area contributed by atoms with Gasteiger partial charge in [-0.15, -0.1) is 6.58 Å². The van der Waals surface area contributed by atoms with Crippen molar-refractivity contribution in [2.75, 3.05) is 32.9 Å². The SMILES string of the molecule is C=CCCc1cc(C)ccc1S(=O)(=O)n1ccc(-c2cc(C(=O)N3CCOCC3)c3ncn(COCC[Si](C)(C)C)c3c2)c1. The predicted octanol–water partition coefficient (Wildman–Crippen LogP) is 5.95. The Morgan fingerprint density at radius 3 is 2.61 bits per heavy atom. The van der Waals surface area contributed by atoms with Crippen LogP contribution in [0.1, 0.15) is 27.9 Å². The highest BCUT2D eigenvalue weighted by atomic mass is 32.2. The number of aromatic nitrogens is 3. The Kier molecular flexibility index (Phi) is 9.59. The van der Waals surface area contributed by atoms with E-state index in [-0.39, 0.29) is 10.8 Å². The van der Waals surface area contributed by atoms with Crippen molar-refractivity contribution in [2.45, 2.75) is 57.1 Å². The number of rotatable bonds is 12. The minimum Gasteiger partial charge on any atom is -0.378 e. The number of hydrogen-bond donors (Lipinski definition) is 0. The van der Waals surface area contributed by atoms with Crippen LogP contribution in [0.3, 0.4) is 0 Å². The summed E-state index contributed by atoms with van der Waals surface area (Å²) < 4.78 is 42.3. The number of fused-ring (bicyclic) bond motifs is 1. The zero-order valence-corrected chi connectivity index (χ0v) is 27.9. The second kappa shape index (κ2) is 13.2. The first-order chi connectivity index (χ1) is 21.0. The summed E-state index contributed by atoms with van der Waals surface area (Å²) in [7, 11) is -5.10. The molecule has 0 unspecified atom stereocenters. The standard InChI is InChI=1S/C33H42N4O5SSi/c1-6-7-8-26-19-25(2)9-10-31(26)43(39,40)37-12-11-27(22-37)28-20-29(33(38)35-13-15-41-16-14-35)32-30(21-28)36(23-34-32)24-42-17-18-44(3,4)5/h6,9-12,19-23H,1,7-8,13-18,24H2,2-5H3. The molecule has 11 heteroatoms. The van der Waals surface area contributed by atoms with Crippen molar-refractivity contribution in [3.8, 4) is 11.1 Å². The Labute approximate surface area is 261 Å². The molecule has 1 fully saturated rings. The number of morpholine rings is 1. The monoisotopic (exact) mass is 634 g/mol. The van der Waals surface area contributed by atoms with E-state index >= 15 is 0 Å². The summed E-state index contributed by atoms with van der Waals surface area (Å²) in [5.41, 5.74) is 4.99. The molecule has 9 nitrogen and oxygen atoms in total. The first-order valence-corrected chi connectivity index (χ1v) is 20.2. The number of amides is 1. The number of aryl methyl sites for hydroxylation is 2. The van der Waals surface area contributed by atoms with Gasteiger partial charge in [0.05, 0.1) is 35.5 Å². The number of hydrogen-bond acceptors (Lipinski definition) is 6. The fourth-order valence-electron chi connectivity index (χ4n) is 5.30. The molecule has 234 valence electrons.